The highest BCUT2D eigenvalue weighted by Gasteiger charge is 2.17. The molecule has 0 aliphatic rings. The average molecular weight is 229 g/mol. The van der Waals surface area contributed by atoms with Gasteiger partial charge in [-0.1, -0.05) is 32.6 Å². The van der Waals surface area contributed by atoms with Crippen molar-refractivity contribution < 1.29 is 9.53 Å². The van der Waals surface area contributed by atoms with Gasteiger partial charge >= 0.3 is 6.09 Å². The van der Waals surface area contributed by atoms with E-state index in [1.54, 1.807) is 0 Å². The highest BCUT2D eigenvalue weighted by Crippen LogP contribution is 2.08. The third-order valence-corrected chi connectivity index (χ3v) is 2.25. The van der Waals surface area contributed by atoms with Gasteiger partial charge in [0, 0.05) is 6.04 Å². The fraction of sp³-hybridized carbons (Fsp3) is 0.923. The molecule has 0 radical (unpaired) electrons. The van der Waals surface area contributed by atoms with Crippen molar-refractivity contribution in [2.45, 2.75) is 78.4 Å². The van der Waals surface area contributed by atoms with Crippen LogP contribution in [0.25, 0.3) is 0 Å². The van der Waals surface area contributed by atoms with Gasteiger partial charge in [0.15, 0.2) is 0 Å². The Morgan fingerprint density at radius 2 is 1.88 bits per heavy atom. The molecule has 0 saturated heterocycles. The van der Waals surface area contributed by atoms with Gasteiger partial charge in [-0.3, -0.25) is 0 Å². The Bertz CT molecular complexity index is 197. The van der Waals surface area contributed by atoms with Crippen molar-refractivity contribution in [3.8, 4) is 0 Å². The number of alkyl carbamates (subject to hydrolysis) is 1. The van der Waals surface area contributed by atoms with Crippen molar-refractivity contribution in [1.29, 1.82) is 0 Å². The van der Waals surface area contributed by atoms with Crippen LogP contribution in [0.2, 0.25) is 0 Å². The maximum absolute atomic E-state index is 11.4. The topological polar surface area (TPSA) is 38.3 Å². The summed E-state index contributed by atoms with van der Waals surface area (Å²) in [6.07, 6.45) is 5.66. The van der Waals surface area contributed by atoms with Gasteiger partial charge in [-0.25, -0.2) is 4.79 Å². The molecule has 3 heteroatoms. The highest BCUT2D eigenvalue weighted by atomic mass is 16.6. The largest absolute Gasteiger partial charge is 0.444 e. The van der Waals surface area contributed by atoms with E-state index in [4.69, 9.17) is 4.74 Å². The predicted octanol–water partition coefficient (Wildman–Crippen LogP) is 3.87. The van der Waals surface area contributed by atoms with E-state index in [1.807, 2.05) is 27.7 Å². The molecule has 1 amide bonds. The van der Waals surface area contributed by atoms with Crippen LogP contribution in [0.3, 0.4) is 0 Å². The second-order valence-electron chi connectivity index (χ2n) is 5.40. The number of ether oxygens (including phenoxy) is 1. The third-order valence-electron chi connectivity index (χ3n) is 2.25. The molecule has 0 saturated carbocycles. The van der Waals surface area contributed by atoms with Gasteiger partial charge in [0.05, 0.1) is 0 Å². The lowest BCUT2D eigenvalue weighted by atomic mass is 10.1. The van der Waals surface area contributed by atoms with Crippen LogP contribution in [0, 0.1) is 0 Å². The van der Waals surface area contributed by atoms with Crippen LogP contribution < -0.4 is 5.32 Å². The summed E-state index contributed by atoms with van der Waals surface area (Å²) < 4.78 is 5.19. The number of rotatable bonds is 6. The minimum Gasteiger partial charge on any atom is -0.444 e. The van der Waals surface area contributed by atoms with E-state index in [-0.39, 0.29) is 12.1 Å². The minimum absolute atomic E-state index is 0.201. The van der Waals surface area contributed by atoms with Crippen LogP contribution in [-0.4, -0.2) is 17.7 Å². The van der Waals surface area contributed by atoms with Gasteiger partial charge < -0.3 is 10.1 Å². The summed E-state index contributed by atoms with van der Waals surface area (Å²) in [7, 11) is 0. The summed E-state index contributed by atoms with van der Waals surface area (Å²) in [6, 6.07) is 0.201. The van der Waals surface area contributed by atoms with E-state index < -0.39 is 5.60 Å². The molecule has 0 aliphatic heterocycles. The first-order valence-corrected chi connectivity index (χ1v) is 6.34. The van der Waals surface area contributed by atoms with Crippen LogP contribution in [0.5, 0.6) is 0 Å². The molecular weight excluding hydrogens is 202 g/mol. The van der Waals surface area contributed by atoms with E-state index in [9.17, 15) is 4.79 Å². The lowest BCUT2D eigenvalue weighted by Crippen LogP contribution is -2.37. The van der Waals surface area contributed by atoms with Crippen molar-refractivity contribution in [3.05, 3.63) is 0 Å². The summed E-state index contributed by atoms with van der Waals surface area (Å²) in [5.41, 5.74) is -0.411. The summed E-state index contributed by atoms with van der Waals surface area (Å²) in [5, 5.41) is 2.85. The summed E-state index contributed by atoms with van der Waals surface area (Å²) >= 11 is 0. The van der Waals surface area contributed by atoms with E-state index >= 15 is 0 Å². The molecule has 1 unspecified atom stereocenters. The molecule has 0 aliphatic carbocycles. The number of hydrogen-bond acceptors (Lipinski definition) is 2. The Balaban J connectivity index is 3.62. The number of carbonyl (C=O) groups excluding carboxylic acids is 1. The molecule has 0 spiro atoms. The smallest absolute Gasteiger partial charge is 0.407 e. The van der Waals surface area contributed by atoms with Crippen LogP contribution in [-0.2, 0) is 4.74 Å². The second-order valence-corrected chi connectivity index (χ2v) is 5.40. The molecule has 0 fully saturated rings. The first kappa shape index (κ1) is 15.3. The first-order chi connectivity index (χ1) is 7.35. The molecule has 3 nitrogen and oxygen atoms in total. The molecular formula is C13H27NO2. The molecule has 0 aromatic heterocycles. The zero-order valence-corrected chi connectivity index (χ0v) is 11.4. The van der Waals surface area contributed by atoms with Crippen molar-refractivity contribution >= 4 is 6.09 Å². The van der Waals surface area contributed by atoms with Crippen LogP contribution in [0.4, 0.5) is 4.79 Å². The molecule has 0 bridgehead atoms. The Morgan fingerprint density at radius 1 is 1.25 bits per heavy atom. The lowest BCUT2D eigenvalue weighted by molar-refractivity contribution is 0.0506. The SMILES string of the molecule is CCCCCCC(C)NC(=O)OC(C)(C)C. The Labute approximate surface area is 99.9 Å². The van der Waals surface area contributed by atoms with E-state index in [0.29, 0.717) is 0 Å². The zero-order chi connectivity index (χ0) is 12.6. The second kappa shape index (κ2) is 7.53. The Hall–Kier alpha value is -0.730. The Morgan fingerprint density at radius 3 is 2.38 bits per heavy atom. The maximum Gasteiger partial charge on any atom is 0.407 e. The van der Waals surface area contributed by atoms with Crippen molar-refractivity contribution in [1.82, 2.24) is 5.32 Å². The standard InChI is InChI=1S/C13H27NO2/c1-6-7-8-9-10-11(2)14-12(15)16-13(3,4)5/h11H,6-10H2,1-5H3,(H,14,15). The van der Waals surface area contributed by atoms with Gasteiger partial charge in [-0.15, -0.1) is 0 Å². The monoisotopic (exact) mass is 229 g/mol. The molecule has 0 rings (SSSR count). The van der Waals surface area contributed by atoms with Crippen molar-refractivity contribution in [2.24, 2.45) is 0 Å². The van der Waals surface area contributed by atoms with Crippen LogP contribution >= 0.6 is 0 Å². The number of hydrogen-bond donors (Lipinski definition) is 1. The Kier molecular flexibility index (Phi) is 7.18. The summed E-state index contributed by atoms with van der Waals surface area (Å²) in [4.78, 5) is 11.4. The normalized spacial score (nSPS) is 13.3. The quantitative estimate of drug-likeness (QED) is 0.702. The van der Waals surface area contributed by atoms with Gasteiger partial charge in [0.1, 0.15) is 5.60 Å². The molecule has 0 heterocycles. The molecule has 96 valence electrons. The summed E-state index contributed by atoms with van der Waals surface area (Å²) in [5.74, 6) is 0. The fourth-order valence-electron chi connectivity index (χ4n) is 1.46. The maximum atomic E-state index is 11.4. The molecule has 16 heavy (non-hydrogen) atoms. The minimum atomic E-state index is -0.411. The van der Waals surface area contributed by atoms with E-state index in [1.165, 1.54) is 25.7 Å². The fourth-order valence-corrected chi connectivity index (χ4v) is 1.46. The lowest BCUT2D eigenvalue weighted by Gasteiger charge is -2.21. The number of unbranched alkanes of at least 4 members (excludes halogenated alkanes) is 3. The summed E-state index contributed by atoms with van der Waals surface area (Å²) in [6.45, 7) is 9.84. The van der Waals surface area contributed by atoms with E-state index in [2.05, 4.69) is 12.2 Å². The van der Waals surface area contributed by atoms with Gasteiger partial charge in [0.2, 0.25) is 0 Å². The molecule has 1 atom stereocenters. The van der Waals surface area contributed by atoms with Gasteiger partial charge in [-0.2, -0.15) is 0 Å². The van der Waals surface area contributed by atoms with Crippen molar-refractivity contribution in [2.75, 3.05) is 0 Å². The third kappa shape index (κ3) is 9.81. The number of nitrogens with one attached hydrogen (secondary N) is 1. The van der Waals surface area contributed by atoms with E-state index in [0.717, 1.165) is 6.42 Å². The number of carbonyl (C=O) groups is 1. The van der Waals surface area contributed by atoms with Gasteiger partial charge in [0.25, 0.3) is 0 Å². The van der Waals surface area contributed by atoms with Gasteiger partial charge in [-0.05, 0) is 34.1 Å². The number of amides is 1. The predicted molar refractivity (Wildman–Crippen MR) is 67.6 cm³/mol. The average Bonchev–Trinajstić information content (AvgIpc) is 2.09. The first-order valence-electron chi connectivity index (χ1n) is 6.34. The molecule has 0 aromatic carbocycles. The van der Waals surface area contributed by atoms with Crippen LogP contribution in [0.15, 0.2) is 0 Å². The van der Waals surface area contributed by atoms with Crippen molar-refractivity contribution in [3.63, 3.8) is 0 Å². The van der Waals surface area contributed by atoms with Crippen LogP contribution in [0.1, 0.15) is 66.7 Å². The molecule has 0 aromatic rings. The zero-order valence-electron chi connectivity index (χ0n) is 11.4. The molecule has 1 N–H and O–H groups in total. The highest BCUT2D eigenvalue weighted by molar-refractivity contribution is 5.67.